The smallest absolute Gasteiger partial charge is 0.326 e. The number of carboxylic acid groups (broad SMARTS) is 1. The van der Waals surface area contributed by atoms with Crippen molar-refractivity contribution in [2.24, 2.45) is 0 Å². The lowest BCUT2D eigenvalue weighted by Crippen LogP contribution is -2.59. The number of nitrogens with zero attached hydrogens (tertiary/aromatic N) is 4. The van der Waals surface area contributed by atoms with Crippen molar-refractivity contribution in [3.8, 4) is 0 Å². The number of carbonyl (C=O) groups is 2. The molecule has 1 fully saturated rings. The summed E-state index contributed by atoms with van der Waals surface area (Å²) in [6, 6.07) is 1.89. The molecule has 0 aromatic carbocycles. The fourth-order valence-corrected chi connectivity index (χ4v) is 3.84. The van der Waals surface area contributed by atoms with Crippen LogP contribution in [0.15, 0.2) is 18.6 Å². The SMILES string of the molecule is CC(=O)CCC(Cn1cnc2c(C)ccnc21)(C(=O)O)N1CCCCC1. The molecule has 1 aliphatic heterocycles. The fraction of sp³-hybridized carbons (Fsp3) is 0.579. The summed E-state index contributed by atoms with van der Waals surface area (Å²) in [6.07, 6.45) is 7.02. The van der Waals surface area contributed by atoms with Crippen LogP contribution in [-0.4, -0.2) is 54.9 Å². The van der Waals surface area contributed by atoms with Gasteiger partial charge in [0.1, 0.15) is 16.8 Å². The van der Waals surface area contributed by atoms with Gasteiger partial charge in [0.2, 0.25) is 0 Å². The summed E-state index contributed by atoms with van der Waals surface area (Å²) in [4.78, 5) is 34.9. The normalized spacial score (nSPS) is 17.9. The number of aryl methyl sites for hydroxylation is 1. The Bertz CT molecular complexity index is 810. The van der Waals surface area contributed by atoms with Crippen LogP contribution in [0, 0.1) is 6.92 Å². The Morgan fingerprint density at radius 3 is 2.62 bits per heavy atom. The first kappa shape index (κ1) is 18.5. The standard InChI is InChI=1S/C19H26N4O3/c1-14-7-9-20-17-16(14)21-13-22(17)12-19(18(25)26,8-6-15(2)24)23-10-4-3-5-11-23/h7,9,13H,3-6,8,10-12H2,1-2H3,(H,25,26). The van der Waals surface area contributed by atoms with Crippen molar-refractivity contribution in [2.45, 2.75) is 58.0 Å². The van der Waals surface area contributed by atoms with Crippen LogP contribution in [0.2, 0.25) is 0 Å². The number of hydrogen-bond acceptors (Lipinski definition) is 5. The van der Waals surface area contributed by atoms with Crippen molar-refractivity contribution >= 4 is 22.9 Å². The number of likely N-dealkylation sites (tertiary alicyclic amines) is 1. The van der Waals surface area contributed by atoms with Gasteiger partial charge in [0.15, 0.2) is 5.65 Å². The largest absolute Gasteiger partial charge is 0.480 e. The molecular weight excluding hydrogens is 332 g/mol. The van der Waals surface area contributed by atoms with E-state index in [1.165, 1.54) is 6.92 Å². The number of carboxylic acids is 1. The summed E-state index contributed by atoms with van der Waals surface area (Å²) < 4.78 is 1.82. The molecule has 1 aliphatic rings. The lowest BCUT2D eigenvalue weighted by molar-refractivity contribution is -0.154. The molecule has 1 N–H and O–H groups in total. The fourth-order valence-electron chi connectivity index (χ4n) is 3.84. The number of pyridine rings is 1. The molecule has 7 nitrogen and oxygen atoms in total. The van der Waals surface area contributed by atoms with Gasteiger partial charge in [0, 0.05) is 12.6 Å². The Hall–Kier alpha value is -2.28. The number of imidazole rings is 1. The van der Waals surface area contributed by atoms with Gasteiger partial charge in [0.05, 0.1) is 12.9 Å². The lowest BCUT2D eigenvalue weighted by atomic mass is 9.88. The molecular formula is C19H26N4O3. The van der Waals surface area contributed by atoms with E-state index in [4.69, 9.17) is 0 Å². The first-order valence-electron chi connectivity index (χ1n) is 9.18. The lowest BCUT2D eigenvalue weighted by Gasteiger charge is -2.43. The molecule has 0 saturated carbocycles. The Morgan fingerprint density at radius 1 is 1.23 bits per heavy atom. The number of fused-ring (bicyclic) bond motifs is 1. The van der Waals surface area contributed by atoms with Crippen molar-refractivity contribution < 1.29 is 14.7 Å². The van der Waals surface area contributed by atoms with Gasteiger partial charge in [-0.1, -0.05) is 6.42 Å². The number of piperidine rings is 1. The zero-order valence-corrected chi connectivity index (χ0v) is 15.4. The monoisotopic (exact) mass is 358 g/mol. The van der Waals surface area contributed by atoms with E-state index in [1.807, 2.05) is 22.5 Å². The highest BCUT2D eigenvalue weighted by molar-refractivity contribution is 5.82. The van der Waals surface area contributed by atoms with Crippen LogP contribution < -0.4 is 0 Å². The third-order valence-corrected chi connectivity index (χ3v) is 5.39. The van der Waals surface area contributed by atoms with Crippen molar-refractivity contribution in [1.29, 1.82) is 0 Å². The molecule has 1 saturated heterocycles. The second-order valence-electron chi connectivity index (χ2n) is 7.26. The van der Waals surface area contributed by atoms with E-state index < -0.39 is 11.5 Å². The Kier molecular flexibility index (Phi) is 5.36. The molecule has 3 heterocycles. The van der Waals surface area contributed by atoms with E-state index in [-0.39, 0.29) is 18.7 Å². The van der Waals surface area contributed by atoms with Gasteiger partial charge in [-0.15, -0.1) is 0 Å². The molecule has 26 heavy (non-hydrogen) atoms. The summed E-state index contributed by atoms with van der Waals surface area (Å²) in [6.45, 7) is 5.20. The molecule has 7 heteroatoms. The van der Waals surface area contributed by atoms with Crippen LogP contribution in [0.5, 0.6) is 0 Å². The van der Waals surface area contributed by atoms with E-state index in [9.17, 15) is 14.7 Å². The third kappa shape index (κ3) is 3.49. The molecule has 2 aromatic heterocycles. The Labute approximate surface area is 153 Å². The molecule has 1 atom stereocenters. The predicted octanol–water partition coefficient (Wildman–Crippen LogP) is 2.42. The number of aromatic nitrogens is 3. The number of rotatable bonds is 7. The molecule has 3 rings (SSSR count). The minimum Gasteiger partial charge on any atom is -0.480 e. The van der Waals surface area contributed by atoms with E-state index in [2.05, 4.69) is 9.97 Å². The number of carbonyl (C=O) groups excluding carboxylic acids is 1. The van der Waals surface area contributed by atoms with Gasteiger partial charge in [0.25, 0.3) is 0 Å². The summed E-state index contributed by atoms with van der Waals surface area (Å²) in [7, 11) is 0. The van der Waals surface area contributed by atoms with Crippen LogP contribution >= 0.6 is 0 Å². The zero-order chi connectivity index (χ0) is 18.7. The molecule has 0 bridgehead atoms. The maximum Gasteiger partial charge on any atom is 0.326 e. The molecule has 0 spiro atoms. The summed E-state index contributed by atoms with van der Waals surface area (Å²) in [5, 5.41) is 10.2. The molecule has 1 unspecified atom stereocenters. The van der Waals surface area contributed by atoms with Crippen LogP contribution in [0.3, 0.4) is 0 Å². The summed E-state index contributed by atoms with van der Waals surface area (Å²) in [5.41, 5.74) is 1.37. The quantitative estimate of drug-likeness (QED) is 0.818. The average molecular weight is 358 g/mol. The maximum atomic E-state index is 12.5. The molecule has 140 valence electrons. The van der Waals surface area contributed by atoms with Gasteiger partial charge < -0.3 is 14.5 Å². The van der Waals surface area contributed by atoms with Crippen molar-refractivity contribution in [3.05, 3.63) is 24.2 Å². The van der Waals surface area contributed by atoms with Crippen LogP contribution in [-0.2, 0) is 16.1 Å². The number of Topliss-reactive ketones (excluding diaryl/α,β-unsaturated/α-hetero) is 1. The third-order valence-electron chi connectivity index (χ3n) is 5.39. The van der Waals surface area contributed by atoms with Crippen LogP contribution in [0.4, 0.5) is 0 Å². The van der Waals surface area contributed by atoms with Gasteiger partial charge in [-0.05, 0) is 57.8 Å². The topological polar surface area (TPSA) is 88.3 Å². The zero-order valence-electron chi connectivity index (χ0n) is 15.4. The molecule has 2 aromatic rings. The highest BCUT2D eigenvalue weighted by Gasteiger charge is 2.45. The first-order valence-corrected chi connectivity index (χ1v) is 9.18. The predicted molar refractivity (Wildman–Crippen MR) is 98.0 cm³/mol. The van der Waals surface area contributed by atoms with E-state index in [0.29, 0.717) is 12.1 Å². The Balaban J connectivity index is 2.01. The van der Waals surface area contributed by atoms with E-state index >= 15 is 0 Å². The minimum absolute atomic E-state index is 0.0112. The van der Waals surface area contributed by atoms with Gasteiger partial charge >= 0.3 is 5.97 Å². The maximum absolute atomic E-state index is 12.5. The van der Waals surface area contributed by atoms with Crippen molar-refractivity contribution in [2.75, 3.05) is 13.1 Å². The number of aliphatic carboxylic acids is 1. The summed E-state index contributed by atoms with van der Waals surface area (Å²) >= 11 is 0. The van der Waals surface area contributed by atoms with Crippen LogP contribution in [0.25, 0.3) is 11.2 Å². The second kappa shape index (κ2) is 7.53. The second-order valence-corrected chi connectivity index (χ2v) is 7.26. The van der Waals surface area contributed by atoms with Crippen molar-refractivity contribution in [3.63, 3.8) is 0 Å². The van der Waals surface area contributed by atoms with Gasteiger partial charge in [-0.3, -0.25) is 9.69 Å². The molecule has 0 amide bonds. The molecule has 0 aliphatic carbocycles. The average Bonchev–Trinajstić information content (AvgIpc) is 3.03. The minimum atomic E-state index is -1.12. The van der Waals surface area contributed by atoms with E-state index in [1.54, 1.807) is 12.5 Å². The Morgan fingerprint density at radius 2 is 1.96 bits per heavy atom. The van der Waals surface area contributed by atoms with E-state index in [0.717, 1.165) is 43.4 Å². The molecule has 0 radical (unpaired) electrons. The van der Waals surface area contributed by atoms with Crippen LogP contribution in [0.1, 0.15) is 44.6 Å². The highest BCUT2D eigenvalue weighted by Crippen LogP contribution is 2.30. The summed E-state index contributed by atoms with van der Waals surface area (Å²) in [5.74, 6) is -0.868. The number of ketones is 1. The highest BCUT2D eigenvalue weighted by atomic mass is 16.4. The number of hydrogen-bond donors (Lipinski definition) is 1. The van der Waals surface area contributed by atoms with Crippen molar-refractivity contribution in [1.82, 2.24) is 19.4 Å². The van der Waals surface area contributed by atoms with Gasteiger partial charge in [-0.2, -0.15) is 0 Å². The van der Waals surface area contributed by atoms with Gasteiger partial charge in [-0.25, -0.2) is 9.97 Å². The first-order chi connectivity index (χ1) is 12.4.